The van der Waals surface area contributed by atoms with Crippen molar-refractivity contribution in [1.29, 1.82) is 0 Å². The van der Waals surface area contributed by atoms with Gasteiger partial charge < -0.3 is 16.4 Å². The van der Waals surface area contributed by atoms with Gasteiger partial charge in [-0.25, -0.2) is 0 Å². The molecular weight excluding hydrogens is 204 g/mol. The lowest BCUT2D eigenvalue weighted by atomic mass is 9.98. The van der Waals surface area contributed by atoms with Crippen LogP contribution in [0.4, 0.5) is 0 Å². The molecule has 0 saturated carbocycles. The van der Waals surface area contributed by atoms with Crippen LogP contribution in [0.2, 0.25) is 0 Å². The second-order valence-corrected chi connectivity index (χ2v) is 4.14. The molecule has 1 unspecified atom stereocenters. The average molecular weight is 228 g/mol. The monoisotopic (exact) mass is 228 g/mol. The Balaban J connectivity index is 3.80. The number of nitrogens with two attached hydrogens (primary N) is 2. The first-order valence-electron chi connectivity index (χ1n) is 5.75. The number of carbonyl (C=O) groups is 1. The first kappa shape index (κ1) is 14.7. The van der Waals surface area contributed by atoms with Crippen LogP contribution >= 0.6 is 0 Å². The summed E-state index contributed by atoms with van der Waals surface area (Å²) in [4.78, 5) is 17.3. The maximum Gasteiger partial charge on any atom is 0.225 e. The number of nitrogens with zero attached hydrogens (tertiary/aromatic N) is 2. The van der Waals surface area contributed by atoms with E-state index in [1.54, 1.807) is 19.0 Å². The summed E-state index contributed by atoms with van der Waals surface area (Å²) < 4.78 is 0. The lowest BCUT2D eigenvalue weighted by Gasteiger charge is -2.18. The van der Waals surface area contributed by atoms with Crippen LogP contribution in [0, 0.1) is 5.92 Å². The molecule has 0 aliphatic carbocycles. The van der Waals surface area contributed by atoms with Crippen LogP contribution in [0.25, 0.3) is 0 Å². The fourth-order valence-electron chi connectivity index (χ4n) is 1.58. The molecule has 5 heteroatoms. The van der Waals surface area contributed by atoms with Gasteiger partial charge >= 0.3 is 0 Å². The molecule has 4 N–H and O–H groups in total. The summed E-state index contributed by atoms with van der Waals surface area (Å²) in [6.07, 6.45) is 3.71. The highest BCUT2D eigenvalue weighted by atomic mass is 16.2. The van der Waals surface area contributed by atoms with Gasteiger partial charge in [0.1, 0.15) is 0 Å². The molecule has 0 aromatic carbocycles. The maximum absolute atomic E-state index is 11.7. The first-order valence-corrected chi connectivity index (χ1v) is 5.75. The smallest absolute Gasteiger partial charge is 0.225 e. The number of rotatable bonds is 7. The highest BCUT2D eigenvalue weighted by molar-refractivity contribution is 5.78. The van der Waals surface area contributed by atoms with Gasteiger partial charge in [-0.3, -0.25) is 9.79 Å². The second-order valence-electron chi connectivity index (χ2n) is 4.14. The van der Waals surface area contributed by atoms with Crippen molar-refractivity contribution >= 4 is 11.9 Å². The van der Waals surface area contributed by atoms with Gasteiger partial charge in [0.25, 0.3) is 0 Å². The predicted octanol–water partition coefficient (Wildman–Crippen LogP) is 0.545. The van der Waals surface area contributed by atoms with E-state index in [2.05, 4.69) is 4.99 Å². The Hall–Kier alpha value is -1.26. The number of unbranched alkanes of at least 4 members (excludes halogenated alkanes) is 1. The fourth-order valence-corrected chi connectivity index (χ4v) is 1.58. The lowest BCUT2D eigenvalue weighted by Crippen LogP contribution is -2.29. The van der Waals surface area contributed by atoms with Crippen molar-refractivity contribution in [2.75, 3.05) is 20.6 Å². The van der Waals surface area contributed by atoms with Crippen molar-refractivity contribution in [3.8, 4) is 0 Å². The molecule has 1 amide bonds. The molecule has 0 radical (unpaired) electrons. The molecule has 94 valence electrons. The van der Waals surface area contributed by atoms with Crippen LogP contribution in [0.3, 0.4) is 0 Å². The topological polar surface area (TPSA) is 84.7 Å². The Labute approximate surface area is 97.9 Å². The van der Waals surface area contributed by atoms with Crippen LogP contribution in [-0.4, -0.2) is 37.4 Å². The van der Waals surface area contributed by atoms with Crippen LogP contribution in [0.15, 0.2) is 4.99 Å². The number of carbonyl (C=O) groups excluding carboxylic acids is 1. The van der Waals surface area contributed by atoms with E-state index in [9.17, 15) is 4.79 Å². The van der Waals surface area contributed by atoms with Gasteiger partial charge in [0.15, 0.2) is 5.96 Å². The Bertz CT molecular complexity index is 234. The zero-order valence-electron chi connectivity index (χ0n) is 10.6. The molecular formula is C11H24N4O. The molecule has 0 aliphatic heterocycles. The number of amides is 1. The summed E-state index contributed by atoms with van der Waals surface area (Å²) in [6.45, 7) is 2.69. The van der Waals surface area contributed by atoms with E-state index in [1.807, 2.05) is 6.92 Å². The van der Waals surface area contributed by atoms with E-state index in [-0.39, 0.29) is 17.8 Å². The fraction of sp³-hybridized carbons (Fsp3) is 0.818. The van der Waals surface area contributed by atoms with Gasteiger partial charge in [0.2, 0.25) is 5.91 Å². The summed E-state index contributed by atoms with van der Waals surface area (Å²) in [5, 5.41) is 0. The van der Waals surface area contributed by atoms with Crippen molar-refractivity contribution in [1.82, 2.24) is 4.90 Å². The van der Waals surface area contributed by atoms with Gasteiger partial charge in [-0.1, -0.05) is 13.3 Å². The predicted molar refractivity (Wildman–Crippen MR) is 67.0 cm³/mol. The summed E-state index contributed by atoms with van der Waals surface area (Å²) in [6, 6.07) is 0. The number of hydrogen-bond donors (Lipinski definition) is 2. The number of hydrogen-bond acceptors (Lipinski definition) is 2. The van der Waals surface area contributed by atoms with E-state index in [0.29, 0.717) is 6.54 Å². The molecule has 0 aliphatic rings. The van der Waals surface area contributed by atoms with E-state index in [1.165, 1.54) is 0 Å². The standard InChI is InChI=1S/C11H24N4O/c1-4-9(10(16)15(2)3)7-5-6-8-14-11(12)13/h9H,4-8H2,1-3H3,(H4,12,13,14). The van der Waals surface area contributed by atoms with E-state index in [4.69, 9.17) is 11.5 Å². The van der Waals surface area contributed by atoms with Crippen LogP contribution in [0.5, 0.6) is 0 Å². The quantitative estimate of drug-likeness (QED) is 0.379. The SMILES string of the molecule is CCC(CCCCN=C(N)N)C(=O)N(C)C. The van der Waals surface area contributed by atoms with Crippen LogP contribution < -0.4 is 11.5 Å². The van der Waals surface area contributed by atoms with Crippen LogP contribution in [0.1, 0.15) is 32.6 Å². The highest BCUT2D eigenvalue weighted by Crippen LogP contribution is 2.14. The number of aliphatic imine (C=N–C) groups is 1. The Morgan fingerprint density at radius 3 is 2.38 bits per heavy atom. The lowest BCUT2D eigenvalue weighted by molar-refractivity contribution is -0.133. The minimum atomic E-state index is 0.134. The second kappa shape index (κ2) is 7.96. The molecule has 0 bridgehead atoms. The Morgan fingerprint density at radius 2 is 1.94 bits per heavy atom. The summed E-state index contributed by atoms with van der Waals surface area (Å²) in [5.41, 5.74) is 10.4. The van der Waals surface area contributed by atoms with Gasteiger partial charge in [0, 0.05) is 26.6 Å². The van der Waals surface area contributed by atoms with E-state index in [0.717, 1.165) is 25.7 Å². The van der Waals surface area contributed by atoms with Crippen molar-refractivity contribution in [3.05, 3.63) is 0 Å². The van der Waals surface area contributed by atoms with Gasteiger partial charge in [0.05, 0.1) is 0 Å². The zero-order chi connectivity index (χ0) is 12.6. The number of guanidine groups is 1. The van der Waals surface area contributed by atoms with E-state index < -0.39 is 0 Å². The summed E-state index contributed by atoms with van der Waals surface area (Å²) >= 11 is 0. The third-order valence-electron chi connectivity index (χ3n) is 2.54. The third kappa shape index (κ3) is 6.27. The maximum atomic E-state index is 11.7. The van der Waals surface area contributed by atoms with Gasteiger partial charge in [-0.05, 0) is 19.3 Å². The van der Waals surface area contributed by atoms with Gasteiger partial charge in [-0.15, -0.1) is 0 Å². The normalized spacial score (nSPS) is 11.9. The molecule has 0 saturated heterocycles. The first-order chi connectivity index (χ1) is 7.49. The van der Waals surface area contributed by atoms with E-state index >= 15 is 0 Å². The molecule has 0 rings (SSSR count). The highest BCUT2D eigenvalue weighted by Gasteiger charge is 2.17. The minimum Gasteiger partial charge on any atom is -0.370 e. The Kier molecular flexibility index (Phi) is 7.33. The minimum absolute atomic E-state index is 0.134. The zero-order valence-corrected chi connectivity index (χ0v) is 10.6. The molecule has 0 spiro atoms. The molecule has 0 heterocycles. The molecule has 5 nitrogen and oxygen atoms in total. The molecule has 0 aromatic rings. The molecule has 0 aromatic heterocycles. The largest absolute Gasteiger partial charge is 0.370 e. The summed E-state index contributed by atoms with van der Waals surface area (Å²) in [5.74, 6) is 0.481. The van der Waals surface area contributed by atoms with Crippen molar-refractivity contribution in [2.24, 2.45) is 22.4 Å². The summed E-state index contributed by atoms with van der Waals surface area (Å²) in [7, 11) is 3.59. The Morgan fingerprint density at radius 1 is 1.31 bits per heavy atom. The van der Waals surface area contributed by atoms with Crippen molar-refractivity contribution < 1.29 is 4.79 Å². The molecule has 1 atom stereocenters. The molecule has 16 heavy (non-hydrogen) atoms. The average Bonchev–Trinajstić information content (AvgIpc) is 2.22. The molecule has 0 fully saturated rings. The van der Waals surface area contributed by atoms with Crippen molar-refractivity contribution in [3.63, 3.8) is 0 Å². The van der Waals surface area contributed by atoms with Gasteiger partial charge in [-0.2, -0.15) is 0 Å². The third-order valence-corrected chi connectivity index (χ3v) is 2.54. The van der Waals surface area contributed by atoms with Crippen molar-refractivity contribution in [2.45, 2.75) is 32.6 Å². The van der Waals surface area contributed by atoms with Crippen LogP contribution in [-0.2, 0) is 4.79 Å².